The van der Waals surface area contributed by atoms with Crippen molar-refractivity contribution >= 4 is 11.6 Å². The molecule has 0 fully saturated rings. The standard InChI is InChI=1S/C15H24N2O2/c1-5-15(3,4)17-14(19)11(2)16-13-8-6-7-12(9-13)10-18/h6-9,11,16,18H,5,10H2,1-4H3,(H,17,19). The molecule has 0 bridgehead atoms. The van der Waals surface area contributed by atoms with Crippen molar-refractivity contribution in [2.75, 3.05) is 5.32 Å². The second-order valence-corrected chi connectivity index (χ2v) is 5.45. The average molecular weight is 264 g/mol. The van der Waals surface area contributed by atoms with Gasteiger partial charge in [-0.1, -0.05) is 19.1 Å². The molecule has 1 aromatic rings. The first kappa shape index (κ1) is 15.5. The first-order chi connectivity index (χ1) is 8.88. The Morgan fingerprint density at radius 2 is 2.11 bits per heavy atom. The Morgan fingerprint density at radius 1 is 1.42 bits per heavy atom. The maximum absolute atomic E-state index is 12.1. The normalized spacial score (nSPS) is 12.9. The zero-order chi connectivity index (χ0) is 14.5. The lowest BCUT2D eigenvalue weighted by molar-refractivity contribution is -0.123. The van der Waals surface area contributed by atoms with E-state index in [1.807, 2.05) is 52.0 Å². The van der Waals surface area contributed by atoms with Crippen LogP contribution in [0, 0.1) is 0 Å². The van der Waals surface area contributed by atoms with Gasteiger partial charge in [-0.25, -0.2) is 0 Å². The highest BCUT2D eigenvalue weighted by atomic mass is 16.3. The van der Waals surface area contributed by atoms with Gasteiger partial charge in [0.2, 0.25) is 5.91 Å². The highest BCUT2D eigenvalue weighted by Crippen LogP contribution is 2.13. The highest BCUT2D eigenvalue weighted by molar-refractivity contribution is 5.84. The summed E-state index contributed by atoms with van der Waals surface area (Å²) < 4.78 is 0. The molecule has 19 heavy (non-hydrogen) atoms. The number of aliphatic hydroxyl groups is 1. The number of carbonyl (C=O) groups excluding carboxylic acids is 1. The number of carbonyl (C=O) groups is 1. The van der Waals surface area contributed by atoms with E-state index in [4.69, 9.17) is 5.11 Å². The summed E-state index contributed by atoms with van der Waals surface area (Å²) in [5, 5.41) is 15.2. The van der Waals surface area contributed by atoms with Gasteiger partial charge in [-0.2, -0.15) is 0 Å². The molecule has 0 saturated heterocycles. The summed E-state index contributed by atoms with van der Waals surface area (Å²) in [4.78, 5) is 12.1. The molecule has 0 spiro atoms. The largest absolute Gasteiger partial charge is 0.392 e. The van der Waals surface area contributed by atoms with Gasteiger partial charge in [0.1, 0.15) is 6.04 Å². The quantitative estimate of drug-likeness (QED) is 0.738. The fourth-order valence-corrected chi connectivity index (χ4v) is 1.61. The maximum Gasteiger partial charge on any atom is 0.242 e. The molecule has 106 valence electrons. The molecule has 0 aliphatic heterocycles. The van der Waals surface area contributed by atoms with Gasteiger partial charge in [-0.15, -0.1) is 0 Å². The number of hydrogen-bond acceptors (Lipinski definition) is 3. The SMILES string of the molecule is CCC(C)(C)NC(=O)C(C)Nc1cccc(CO)c1. The van der Waals surface area contributed by atoms with E-state index in [1.165, 1.54) is 0 Å². The predicted molar refractivity (Wildman–Crippen MR) is 78.0 cm³/mol. The molecule has 1 unspecified atom stereocenters. The molecular formula is C15H24N2O2. The van der Waals surface area contributed by atoms with Gasteiger partial charge in [-0.3, -0.25) is 4.79 Å². The van der Waals surface area contributed by atoms with E-state index in [0.29, 0.717) is 0 Å². The monoisotopic (exact) mass is 264 g/mol. The second kappa shape index (κ2) is 6.57. The molecule has 1 rings (SSSR count). The molecular weight excluding hydrogens is 240 g/mol. The summed E-state index contributed by atoms with van der Waals surface area (Å²) in [7, 11) is 0. The van der Waals surface area contributed by atoms with Gasteiger partial charge in [0.25, 0.3) is 0 Å². The lowest BCUT2D eigenvalue weighted by Gasteiger charge is -2.27. The van der Waals surface area contributed by atoms with Crippen LogP contribution in [0.3, 0.4) is 0 Å². The van der Waals surface area contributed by atoms with Crippen molar-refractivity contribution in [1.29, 1.82) is 0 Å². The van der Waals surface area contributed by atoms with Crippen molar-refractivity contribution in [2.45, 2.75) is 52.3 Å². The van der Waals surface area contributed by atoms with E-state index in [9.17, 15) is 4.79 Å². The molecule has 1 amide bonds. The van der Waals surface area contributed by atoms with Crippen LogP contribution in [-0.4, -0.2) is 22.6 Å². The van der Waals surface area contributed by atoms with E-state index < -0.39 is 0 Å². The fraction of sp³-hybridized carbons (Fsp3) is 0.533. The minimum Gasteiger partial charge on any atom is -0.392 e. The minimum absolute atomic E-state index is 0.00103. The molecule has 0 radical (unpaired) electrons. The van der Waals surface area contributed by atoms with Crippen molar-refractivity contribution < 1.29 is 9.90 Å². The number of amides is 1. The summed E-state index contributed by atoms with van der Waals surface area (Å²) in [5.41, 5.74) is 1.47. The Balaban J connectivity index is 2.63. The van der Waals surface area contributed by atoms with E-state index in [-0.39, 0.29) is 24.1 Å². The lowest BCUT2D eigenvalue weighted by atomic mass is 10.0. The Kier molecular flexibility index (Phi) is 5.36. The zero-order valence-corrected chi connectivity index (χ0v) is 12.2. The van der Waals surface area contributed by atoms with Crippen LogP contribution in [-0.2, 0) is 11.4 Å². The van der Waals surface area contributed by atoms with Crippen LogP contribution < -0.4 is 10.6 Å². The summed E-state index contributed by atoms with van der Waals surface area (Å²) in [6.07, 6.45) is 0.880. The summed E-state index contributed by atoms with van der Waals surface area (Å²) in [6.45, 7) is 7.88. The molecule has 1 atom stereocenters. The van der Waals surface area contributed by atoms with Crippen LogP contribution in [0.15, 0.2) is 24.3 Å². The van der Waals surface area contributed by atoms with Crippen LogP contribution >= 0.6 is 0 Å². The maximum atomic E-state index is 12.1. The van der Waals surface area contributed by atoms with Gasteiger partial charge in [0, 0.05) is 11.2 Å². The summed E-state index contributed by atoms with van der Waals surface area (Å²) in [5.74, 6) is -0.0266. The predicted octanol–water partition coefficient (Wildman–Crippen LogP) is 2.28. The van der Waals surface area contributed by atoms with Crippen LogP contribution in [0.1, 0.15) is 39.7 Å². The molecule has 4 heteroatoms. The number of nitrogens with one attached hydrogen (secondary N) is 2. The van der Waals surface area contributed by atoms with Gasteiger partial charge >= 0.3 is 0 Å². The first-order valence-corrected chi connectivity index (χ1v) is 6.66. The van der Waals surface area contributed by atoms with E-state index in [2.05, 4.69) is 10.6 Å². The lowest BCUT2D eigenvalue weighted by Crippen LogP contribution is -2.48. The van der Waals surface area contributed by atoms with Crippen LogP contribution in [0.5, 0.6) is 0 Å². The molecule has 4 nitrogen and oxygen atoms in total. The van der Waals surface area contributed by atoms with Crippen LogP contribution in [0.2, 0.25) is 0 Å². The van der Waals surface area contributed by atoms with E-state index in [1.54, 1.807) is 0 Å². The molecule has 0 saturated carbocycles. The molecule has 1 aromatic carbocycles. The Bertz CT molecular complexity index is 430. The first-order valence-electron chi connectivity index (χ1n) is 6.66. The van der Waals surface area contributed by atoms with Gasteiger partial charge in [0.05, 0.1) is 6.61 Å². The number of benzene rings is 1. The van der Waals surface area contributed by atoms with E-state index >= 15 is 0 Å². The van der Waals surface area contributed by atoms with Crippen molar-refractivity contribution in [2.24, 2.45) is 0 Å². The van der Waals surface area contributed by atoms with Gasteiger partial charge in [0.15, 0.2) is 0 Å². The Labute approximate surface area is 115 Å². The molecule has 3 N–H and O–H groups in total. The second-order valence-electron chi connectivity index (χ2n) is 5.45. The highest BCUT2D eigenvalue weighted by Gasteiger charge is 2.21. The average Bonchev–Trinajstić information content (AvgIpc) is 2.38. The smallest absolute Gasteiger partial charge is 0.242 e. The van der Waals surface area contributed by atoms with Crippen LogP contribution in [0.4, 0.5) is 5.69 Å². The minimum atomic E-state index is -0.320. The van der Waals surface area contributed by atoms with E-state index in [0.717, 1.165) is 17.7 Å². The van der Waals surface area contributed by atoms with Gasteiger partial charge in [-0.05, 0) is 44.9 Å². The van der Waals surface area contributed by atoms with Crippen molar-refractivity contribution in [1.82, 2.24) is 5.32 Å². The van der Waals surface area contributed by atoms with Crippen molar-refractivity contribution in [3.63, 3.8) is 0 Å². The molecule has 0 aromatic heterocycles. The Hall–Kier alpha value is -1.55. The fourth-order valence-electron chi connectivity index (χ4n) is 1.61. The van der Waals surface area contributed by atoms with Crippen molar-refractivity contribution in [3.8, 4) is 0 Å². The van der Waals surface area contributed by atoms with Crippen molar-refractivity contribution in [3.05, 3.63) is 29.8 Å². The third-order valence-corrected chi connectivity index (χ3v) is 3.23. The summed E-state index contributed by atoms with van der Waals surface area (Å²) in [6, 6.07) is 7.10. The number of hydrogen-bond donors (Lipinski definition) is 3. The molecule has 0 heterocycles. The van der Waals surface area contributed by atoms with Gasteiger partial charge < -0.3 is 15.7 Å². The third-order valence-electron chi connectivity index (χ3n) is 3.23. The number of aliphatic hydroxyl groups excluding tert-OH is 1. The summed E-state index contributed by atoms with van der Waals surface area (Å²) >= 11 is 0. The number of anilines is 1. The zero-order valence-electron chi connectivity index (χ0n) is 12.2. The molecule has 0 aliphatic carbocycles. The Morgan fingerprint density at radius 3 is 2.68 bits per heavy atom. The number of rotatable bonds is 6. The third kappa shape index (κ3) is 4.91. The molecule has 0 aliphatic rings. The topological polar surface area (TPSA) is 61.4 Å². The van der Waals surface area contributed by atoms with Crippen LogP contribution in [0.25, 0.3) is 0 Å².